The standard InChI is InChI=1S/C13H23NO4/c1-8(2)11-14(10(7-17-11)9(3)15)12(16)18-13(4,5)6/h8,10-11H,7H2,1-6H3/t10-,11+/m1/s1/i10D. The van der Waals surface area contributed by atoms with Gasteiger partial charge in [0.1, 0.15) is 17.8 Å². The molecule has 0 aliphatic carbocycles. The molecule has 0 aromatic heterocycles. The summed E-state index contributed by atoms with van der Waals surface area (Å²) >= 11 is 0. The smallest absolute Gasteiger partial charge is 0.413 e. The summed E-state index contributed by atoms with van der Waals surface area (Å²) < 4.78 is 18.9. The molecule has 104 valence electrons. The number of carbonyl (C=O) groups excluding carboxylic acids is 2. The number of carbonyl (C=O) groups is 2. The first-order chi connectivity index (χ1) is 8.49. The molecule has 1 saturated heterocycles. The Balaban J connectivity index is 3.06. The van der Waals surface area contributed by atoms with Crippen molar-refractivity contribution in [1.29, 1.82) is 0 Å². The zero-order valence-electron chi connectivity index (χ0n) is 12.9. The summed E-state index contributed by atoms with van der Waals surface area (Å²) in [6.07, 6.45) is -1.30. The Morgan fingerprint density at radius 2 is 2.00 bits per heavy atom. The number of hydrogen-bond donors (Lipinski definition) is 0. The minimum absolute atomic E-state index is 0.0286. The maximum absolute atomic E-state index is 12.2. The van der Waals surface area contributed by atoms with E-state index in [2.05, 4.69) is 0 Å². The first-order valence-corrected chi connectivity index (χ1v) is 6.14. The number of nitrogens with zero attached hydrogens (tertiary/aromatic N) is 1. The van der Waals surface area contributed by atoms with Crippen LogP contribution in [-0.4, -0.2) is 41.2 Å². The van der Waals surface area contributed by atoms with Gasteiger partial charge in [0.05, 0.1) is 7.98 Å². The Labute approximate surface area is 110 Å². The monoisotopic (exact) mass is 258 g/mol. The van der Waals surface area contributed by atoms with Crippen molar-refractivity contribution in [1.82, 2.24) is 4.90 Å². The van der Waals surface area contributed by atoms with Crippen molar-refractivity contribution >= 4 is 11.9 Å². The van der Waals surface area contributed by atoms with Crippen LogP contribution in [0.5, 0.6) is 0 Å². The third kappa shape index (κ3) is 3.45. The summed E-state index contributed by atoms with van der Waals surface area (Å²) in [5, 5.41) is 0. The first kappa shape index (κ1) is 13.3. The third-order valence-corrected chi connectivity index (χ3v) is 2.50. The largest absolute Gasteiger partial charge is 0.444 e. The molecule has 0 aromatic carbocycles. The van der Waals surface area contributed by atoms with Crippen LogP contribution in [0.15, 0.2) is 0 Å². The Hall–Kier alpha value is -1.10. The van der Waals surface area contributed by atoms with Gasteiger partial charge in [-0.15, -0.1) is 0 Å². The number of Topliss-reactive ketones (excluding diaryl/α,β-unsaturated/α-hetero) is 1. The highest BCUT2D eigenvalue weighted by molar-refractivity contribution is 5.86. The van der Waals surface area contributed by atoms with E-state index in [1.54, 1.807) is 20.8 Å². The van der Waals surface area contributed by atoms with Crippen LogP contribution >= 0.6 is 0 Å². The number of ether oxygens (including phenoxy) is 2. The van der Waals surface area contributed by atoms with Crippen LogP contribution < -0.4 is 0 Å². The topological polar surface area (TPSA) is 55.8 Å². The minimum Gasteiger partial charge on any atom is -0.444 e. The lowest BCUT2D eigenvalue weighted by Crippen LogP contribution is -2.48. The summed E-state index contributed by atoms with van der Waals surface area (Å²) in [6, 6.07) is -1.70. The molecule has 0 radical (unpaired) electrons. The van der Waals surface area contributed by atoms with Gasteiger partial charge in [0.2, 0.25) is 0 Å². The van der Waals surface area contributed by atoms with Crippen LogP contribution in [-0.2, 0) is 14.3 Å². The number of amides is 1. The Morgan fingerprint density at radius 3 is 2.39 bits per heavy atom. The van der Waals surface area contributed by atoms with Crippen molar-refractivity contribution in [3.05, 3.63) is 0 Å². The Morgan fingerprint density at radius 1 is 1.44 bits per heavy atom. The van der Waals surface area contributed by atoms with E-state index in [1.807, 2.05) is 13.8 Å². The summed E-state index contributed by atoms with van der Waals surface area (Å²) in [6.45, 7) is 10.1. The second kappa shape index (κ2) is 5.26. The molecule has 1 heterocycles. The molecular formula is C13H23NO4. The molecule has 0 bridgehead atoms. The third-order valence-electron chi connectivity index (χ3n) is 2.50. The molecule has 0 aromatic rings. The van der Waals surface area contributed by atoms with Gasteiger partial charge >= 0.3 is 6.09 Å². The van der Waals surface area contributed by atoms with Gasteiger partial charge in [-0.25, -0.2) is 4.79 Å². The fourth-order valence-corrected chi connectivity index (χ4v) is 1.75. The van der Waals surface area contributed by atoms with Gasteiger partial charge in [0.15, 0.2) is 5.78 Å². The number of rotatable bonds is 2. The fourth-order valence-electron chi connectivity index (χ4n) is 1.75. The van der Waals surface area contributed by atoms with E-state index in [1.165, 1.54) is 6.92 Å². The molecule has 1 rings (SSSR count). The normalized spacial score (nSPS) is 29.4. The van der Waals surface area contributed by atoms with Crippen LogP contribution in [0.4, 0.5) is 4.79 Å². The quantitative estimate of drug-likeness (QED) is 0.762. The van der Waals surface area contributed by atoms with Crippen LogP contribution in [0.2, 0.25) is 0 Å². The molecule has 0 saturated carbocycles. The molecule has 5 nitrogen and oxygen atoms in total. The molecule has 18 heavy (non-hydrogen) atoms. The molecular weight excluding hydrogens is 234 g/mol. The van der Waals surface area contributed by atoms with E-state index >= 15 is 0 Å². The molecule has 1 amide bonds. The SMILES string of the molecule is [2H][C@]1(C(C)=O)CO[C@@H](C(C)C)N1C(=O)OC(C)(C)C. The van der Waals surface area contributed by atoms with Crippen molar-refractivity contribution in [3.8, 4) is 0 Å². The van der Waals surface area contributed by atoms with Crippen LogP contribution in [0.1, 0.15) is 42.9 Å². The molecule has 1 aliphatic heterocycles. The molecule has 1 aliphatic rings. The van der Waals surface area contributed by atoms with Gasteiger partial charge in [0.25, 0.3) is 0 Å². The summed E-state index contributed by atoms with van der Waals surface area (Å²) in [4.78, 5) is 25.1. The van der Waals surface area contributed by atoms with E-state index in [-0.39, 0.29) is 12.5 Å². The van der Waals surface area contributed by atoms with Crippen molar-refractivity contribution in [2.24, 2.45) is 5.92 Å². The molecule has 5 heteroatoms. The second-order valence-corrected chi connectivity index (χ2v) is 5.80. The second-order valence-electron chi connectivity index (χ2n) is 5.80. The predicted octanol–water partition coefficient (Wildman–Crippen LogP) is 2.19. The Bertz CT molecular complexity index is 377. The number of ketones is 1. The van der Waals surface area contributed by atoms with E-state index in [4.69, 9.17) is 10.8 Å². The van der Waals surface area contributed by atoms with Crippen LogP contribution in [0.25, 0.3) is 0 Å². The summed E-state index contributed by atoms with van der Waals surface area (Å²) in [7, 11) is 0. The van der Waals surface area contributed by atoms with Crippen LogP contribution in [0, 0.1) is 5.92 Å². The van der Waals surface area contributed by atoms with Crippen molar-refractivity contribution < 1.29 is 20.4 Å². The van der Waals surface area contributed by atoms with E-state index in [0.29, 0.717) is 0 Å². The van der Waals surface area contributed by atoms with E-state index in [0.717, 1.165) is 4.90 Å². The van der Waals surface area contributed by atoms with Gasteiger partial charge in [-0.05, 0) is 33.6 Å². The zero-order chi connectivity index (χ0) is 15.0. The first-order valence-electron chi connectivity index (χ1n) is 6.64. The molecule has 0 unspecified atom stereocenters. The minimum atomic E-state index is -1.70. The molecule has 2 atom stereocenters. The highest BCUT2D eigenvalue weighted by Crippen LogP contribution is 2.26. The maximum Gasteiger partial charge on any atom is 0.413 e. The van der Waals surface area contributed by atoms with E-state index in [9.17, 15) is 9.59 Å². The van der Waals surface area contributed by atoms with Gasteiger partial charge < -0.3 is 9.47 Å². The summed E-state index contributed by atoms with van der Waals surface area (Å²) in [5.74, 6) is -0.458. The highest BCUT2D eigenvalue weighted by atomic mass is 16.6. The maximum atomic E-state index is 12.2. The number of hydrogen-bond acceptors (Lipinski definition) is 4. The van der Waals surface area contributed by atoms with Gasteiger partial charge in [0, 0.05) is 0 Å². The van der Waals surface area contributed by atoms with Crippen molar-refractivity contribution in [2.75, 3.05) is 6.61 Å². The fraction of sp³-hybridized carbons (Fsp3) is 0.846. The highest BCUT2D eigenvalue weighted by Gasteiger charge is 2.43. The van der Waals surface area contributed by atoms with Gasteiger partial charge in [-0.3, -0.25) is 9.69 Å². The lowest BCUT2D eigenvalue weighted by Gasteiger charge is -2.31. The average molecular weight is 258 g/mol. The molecule has 1 fully saturated rings. The van der Waals surface area contributed by atoms with Crippen molar-refractivity contribution in [3.63, 3.8) is 0 Å². The summed E-state index contributed by atoms with van der Waals surface area (Å²) in [5.41, 5.74) is -0.682. The lowest BCUT2D eigenvalue weighted by molar-refractivity contribution is -0.121. The van der Waals surface area contributed by atoms with Crippen molar-refractivity contribution in [2.45, 2.75) is 59.4 Å². The molecule has 0 N–H and O–H groups in total. The van der Waals surface area contributed by atoms with Gasteiger partial charge in [-0.1, -0.05) is 13.8 Å². The lowest BCUT2D eigenvalue weighted by atomic mass is 10.1. The van der Waals surface area contributed by atoms with Crippen LogP contribution in [0.3, 0.4) is 0 Å². The Kier molecular flexibility index (Phi) is 3.90. The average Bonchev–Trinajstić information content (AvgIpc) is 2.54. The van der Waals surface area contributed by atoms with E-state index < -0.39 is 29.7 Å². The zero-order valence-corrected chi connectivity index (χ0v) is 11.9. The van der Waals surface area contributed by atoms with Gasteiger partial charge in [-0.2, -0.15) is 0 Å². The molecule has 0 spiro atoms. The predicted molar refractivity (Wildman–Crippen MR) is 67.1 cm³/mol.